The van der Waals surface area contributed by atoms with Crippen molar-refractivity contribution in [2.24, 2.45) is 0 Å². The van der Waals surface area contributed by atoms with Crippen molar-refractivity contribution in [2.75, 3.05) is 7.05 Å². The van der Waals surface area contributed by atoms with Gasteiger partial charge in [0.1, 0.15) is 0 Å². The van der Waals surface area contributed by atoms with Gasteiger partial charge in [0, 0.05) is 22.0 Å². The molecule has 0 bridgehead atoms. The first-order valence-electron chi connectivity index (χ1n) is 6.41. The van der Waals surface area contributed by atoms with Crippen LogP contribution in [0.5, 0.6) is 0 Å². The number of nitrogens with zero attached hydrogens (tertiary/aromatic N) is 1. The van der Waals surface area contributed by atoms with Crippen molar-refractivity contribution in [3.63, 3.8) is 0 Å². The van der Waals surface area contributed by atoms with Gasteiger partial charge in [-0.15, -0.1) is 0 Å². The minimum absolute atomic E-state index is 0.103. The Morgan fingerprint density at radius 3 is 2.62 bits per heavy atom. The first-order valence-corrected chi connectivity index (χ1v) is 7.60. The molecule has 0 amide bonds. The van der Waals surface area contributed by atoms with E-state index < -0.39 is 0 Å². The predicted molar refractivity (Wildman–Crippen MR) is 86.1 cm³/mol. The molecule has 0 aliphatic carbocycles. The zero-order chi connectivity index (χ0) is 15.4. The fourth-order valence-electron chi connectivity index (χ4n) is 1.90. The summed E-state index contributed by atoms with van der Waals surface area (Å²) in [5.74, 6) is 0. The average molecular weight is 323 g/mol. The number of para-hydroxylation sites is 1. The summed E-state index contributed by atoms with van der Waals surface area (Å²) >= 11 is 7.62. The maximum absolute atomic E-state index is 11.0. The molecule has 1 N–H and O–H groups in total. The van der Waals surface area contributed by atoms with Crippen LogP contribution in [0, 0.1) is 10.1 Å². The van der Waals surface area contributed by atoms with Crippen LogP contribution >= 0.6 is 23.4 Å². The quantitative estimate of drug-likeness (QED) is 0.641. The number of nitrogens with one attached hydrogen (secondary N) is 1. The third-order valence-electron chi connectivity index (χ3n) is 3.16. The van der Waals surface area contributed by atoms with Crippen LogP contribution in [0.15, 0.2) is 52.3 Å². The highest BCUT2D eigenvalue weighted by Gasteiger charge is 2.14. The van der Waals surface area contributed by atoms with Gasteiger partial charge >= 0.3 is 0 Å². The SMILES string of the molecule is CNC(C)c1ccc(Sc2ccccc2[N+](=O)[O-])cc1Cl. The van der Waals surface area contributed by atoms with E-state index in [4.69, 9.17) is 11.6 Å². The number of nitro benzene ring substituents is 1. The highest BCUT2D eigenvalue weighted by molar-refractivity contribution is 7.99. The van der Waals surface area contributed by atoms with Gasteiger partial charge in [-0.3, -0.25) is 10.1 Å². The molecular weight excluding hydrogens is 308 g/mol. The molecule has 2 aromatic carbocycles. The van der Waals surface area contributed by atoms with E-state index in [1.165, 1.54) is 17.8 Å². The number of nitro groups is 1. The molecule has 0 aliphatic heterocycles. The fourth-order valence-corrected chi connectivity index (χ4v) is 3.27. The molecule has 0 spiro atoms. The fraction of sp³-hybridized carbons (Fsp3) is 0.200. The van der Waals surface area contributed by atoms with Crippen molar-refractivity contribution in [1.82, 2.24) is 5.32 Å². The molecule has 1 atom stereocenters. The maximum atomic E-state index is 11.0. The normalized spacial score (nSPS) is 12.1. The summed E-state index contributed by atoms with van der Waals surface area (Å²) in [6, 6.07) is 12.6. The van der Waals surface area contributed by atoms with Gasteiger partial charge in [0.05, 0.1) is 9.82 Å². The molecule has 0 saturated heterocycles. The van der Waals surface area contributed by atoms with E-state index in [2.05, 4.69) is 5.32 Å². The average Bonchev–Trinajstić information content (AvgIpc) is 2.47. The van der Waals surface area contributed by atoms with Crippen molar-refractivity contribution < 1.29 is 4.92 Å². The van der Waals surface area contributed by atoms with Crippen molar-refractivity contribution >= 4 is 29.1 Å². The summed E-state index contributed by atoms with van der Waals surface area (Å²) < 4.78 is 0. The molecule has 0 aromatic heterocycles. The van der Waals surface area contributed by atoms with Crippen molar-refractivity contribution in [2.45, 2.75) is 22.8 Å². The van der Waals surface area contributed by atoms with Crippen molar-refractivity contribution in [3.05, 3.63) is 63.2 Å². The Hall–Kier alpha value is -1.56. The molecule has 2 rings (SSSR count). The molecule has 6 heteroatoms. The molecule has 21 heavy (non-hydrogen) atoms. The van der Waals surface area contributed by atoms with E-state index >= 15 is 0 Å². The standard InChI is InChI=1S/C15H15ClN2O2S/c1-10(17-2)12-8-7-11(9-13(12)16)21-15-6-4-3-5-14(15)18(19)20/h3-10,17H,1-2H3. The van der Waals surface area contributed by atoms with E-state index in [0.717, 1.165) is 10.5 Å². The first kappa shape index (κ1) is 15.8. The van der Waals surface area contributed by atoms with Gasteiger partial charge in [-0.2, -0.15) is 0 Å². The molecule has 2 aromatic rings. The topological polar surface area (TPSA) is 55.2 Å². The van der Waals surface area contributed by atoms with Crippen molar-refractivity contribution in [1.29, 1.82) is 0 Å². The van der Waals surface area contributed by atoms with Crippen LogP contribution < -0.4 is 5.32 Å². The highest BCUT2D eigenvalue weighted by atomic mass is 35.5. The Bertz CT molecular complexity index is 664. The lowest BCUT2D eigenvalue weighted by molar-refractivity contribution is -0.387. The van der Waals surface area contributed by atoms with Gasteiger partial charge in [0.25, 0.3) is 5.69 Å². The van der Waals surface area contributed by atoms with E-state index in [-0.39, 0.29) is 16.7 Å². The number of benzene rings is 2. The third kappa shape index (κ3) is 3.75. The smallest absolute Gasteiger partial charge is 0.283 e. The van der Waals surface area contributed by atoms with Gasteiger partial charge in [0.15, 0.2) is 0 Å². The molecule has 110 valence electrons. The summed E-state index contributed by atoms with van der Waals surface area (Å²) in [6.07, 6.45) is 0. The van der Waals surface area contributed by atoms with Crippen LogP contribution in [-0.4, -0.2) is 12.0 Å². The lowest BCUT2D eigenvalue weighted by atomic mass is 10.1. The van der Waals surface area contributed by atoms with Gasteiger partial charge in [-0.1, -0.05) is 41.6 Å². The van der Waals surface area contributed by atoms with Crippen LogP contribution in [0.3, 0.4) is 0 Å². The number of rotatable bonds is 5. The summed E-state index contributed by atoms with van der Waals surface area (Å²) in [6.45, 7) is 2.02. The predicted octanol–water partition coefficient (Wildman–Crippen LogP) is 4.68. The van der Waals surface area contributed by atoms with E-state index in [1.807, 2.05) is 32.2 Å². The summed E-state index contributed by atoms with van der Waals surface area (Å²) in [7, 11) is 1.87. The first-order chi connectivity index (χ1) is 10.0. The van der Waals surface area contributed by atoms with E-state index in [0.29, 0.717) is 9.92 Å². The Kier molecular flexibility index (Phi) is 5.22. The molecular formula is C15H15ClN2O2S. The Morgan fingerprint density at radius 2 is 2.00 bits per heavy atom. The molecule has 0 aliphatic rings. The second-order valence-corrected chi connectivity index (χ2v) is 6.04. The van der Waals surface area contributed by atoms with Gasteiger partial charge in [-0.05, 0) is 37.7 Å². The van der Waals surface area contributed by atoms with Gasteiger partial charge < -0.3 is 5.32 Å². The highest BCUT2D eigenvalue weighted by Crippen LogP contribution is 2.36. The molecule has 0 fully saturated rings. The second kappa shape index (κ2) is 6.93. The lowest BCUT2D eigenvalue weighted by Crippen LogP contribution is -2.12. The van der Waals surface area contributed by atoms with E-state index in [9.17, 15) is 10.1 Å². The largest absolute Gasteiger partial charge is 0.313 e. The second-order valence-electron chi connectivity index (χ2n) is 4.52. The number of hydrogen-bond donors (Lipinski definition) is 1. The zero-order valence-electron chi connectivity index (χ0n) is 11.7. The van der Waals surface area contributed by atoms with Crippen LogP contribution in [0.25, 0.3) is 0 Å². The lowest BCUT2D eigenvalue weighted by Gasteiger charge is -2.13. The minimum atomic E-state index is -0.374. The maximum Gasteiger partial charge on any atom is 0.283 e. The Labute approximate surface area is 132 Å². The molecule has 0 saturated carbocycles. The van der Waals surface area contributed by atoms with E-state index in [1.54, 1.807) is 18.2 Å². The summed E-state index contributed by atoms with van der Waals surface area (Å²) in [5.41, 5.74) is 1.11. The van der Waals surface area contributed by atoms with Crippen molar-refractivity contribution in [3.8, 4) is 0 Å². The van der Waals surface area contributed by atoms with Gasteiger partial charge in [-0.25, -0.2) is 0 Å². The third-order valence-corrected chi connectivity index (χ3v) is 4.54. The molecule has 1 unspecified atom stereocenters. The summed E-state index contributed by atoms with van der Waals surface area (Å²) in [5, 5.41) is 14.8. The summed E-state index contributed by atoms with van der Waals surface area (Å²) in [4.78, 5) is 12.1. The van der Waals surface area contributed by atoms with Crippen LogP contribution in [0.4, 0.5) is 5.69 Å². The Balaban J connectivity index is 2.29. The minimum Gasteiger partial charge on any atom is -0.313 e. The Morgan fingerprint density at radius 1 is 1.29 bits per heavy atom. The van der Waals surface area contributed by atoms with Crippen LogP contribution in [0.1, 0.15) is 18.5 Å². The molecule has 4 nitrogen and oxygen atoms in total. The van der Waals surface area contributed by atoms with Gasteiger partial charge in [0.2, 0.25) is 0 Å². The number of halogens is 1. The monoisotopic (exact) mass is 322 g/mol. The molecule has 0 radical (unpaired) electrons. The van der Waals surface area contributed by atoms with Crippen LogP contribution in [-0.2, 0) is 0 Å². The molecule has 0 heterocycles. The van der Waals surface area contributed by atoms with Crippen LogP contribution in [0.2, 0.25) is 5.02 Å². The number of hydrogen-bond acceptors (Lipinski definition) is 4. The zero-order valence-corrected chi connectivity index (χ0v) is 13.2.